The van der Waals surface area contributed by atoms with Crippen LogP contribution in [0.15, 0.2) is 29.0 Å². The molecule has 0 saturated heterocycles. The van der Waals surface area contributed by atoms with Crippen LogP contribution in [0.25, 0.3) is 16.5 Å². The van der Waals surface area contributed by atoms with Gasteiger partial charge in [0, 0.05) is 16.5 Å². The fourth-order valence-corrected chi connectivity index (χ4v) is 1.31. The highest BCUT2D eigenvalue weighted by Gasteiger charge is 2.10. The first-order valence-electron chi connectivity index (χ1n) is 5.40. The first kappa shape index (κ1) is 14.5. The third kappa shape index (κ3) is 4.33. The van der Waals surface area contributed by atoms with E-state index < -0.39 is 17.5 Å². The van der Waals surface area contributed by atoms with Gasteiger partial charge in [-0.05, 0) is 37.6 Å². The minimum absolute atomic E-state index is 0.182. The number of hydrogen-bond acceptors (Lipinski definition) is 3. The summed E-state index contributed by atoms with van der Waals surface area (Å²) in [5, 5.41) is 11.9. The molecule has 0 spiro atoms. The fourth-order valence-electron chi connectivity index (χ4n) is 1.31. The molecule has 0 amide bonds. The maximum absolute atomic E-state index is 13.1. The molecule has 6 nitrogen and oxygen atoms in total. The van der Waals surface area contributed by atoms with Crippen molar-refractivity contribution in [1.29, 1.82) is 0 Å². The van der Waals surface area contributed by atoms with Gasteiger partial charge in [0.1, 0.15) is 17.3 Å². The number of azide groups is 1. The topological polar surface area (TPSA) is 95.3 Å². The summed E-state index contributed by atoms with van der Waals surface area (Å²) in [6.45, 7) is 3.51. The summed E-state index contributed by atoms with van der Waals surface area (Å²) in [4.78, 5) is 13.3. The highest BCUT2D eigenvalue weighted by atomic mass is 19.1. The molecule has 0 aliphatic carbocycles. The highest BCUT2D eigenvalue weighted by Crippen LogP contribution is 2.24. The lowest BCUT2D eigenvalue weighted by Crippen LogP contribution is -2.07. The second-order valence-electron chi connectivity index (χ2n) is 3.87. The van der Waals surface area contributed by atoms with E-state index in [4.69, 9.17) is 15.4 Å². The minimum atomic E-state index is -1.38. The number of halogens is 1. The van der Waals surface area contributed by atoms with E-state index in [1.807, 2.05) is 0 Å². The quantitative estimate of drug-likeness (QED) is 0.382. The number of rotatable bonds is 5. The molecule has 1 aromatic rings. The fraction of sp³-hybridized carbons (Fsp3) is 0.250. The van der Waals surface area contributed by atoms with Crippen LogP contribution in [0.4, 0.5) is 4.39 Å². The van der Waals surface area contributed by atoms with Crippen LogP contribution >= 0.6 is 0 Å². The van der Waals surface area contributed by atoms with Crippen LogP contribution in [-0.4, -0.2) is 17.2 Å². The maximum Gasteiger partial charge on any atom is 0.338 e. The van der Waals surface area contributed by atoms with Crippen LogP contribution in [0.5, 0.6) is 5.75 Å². The van der Waals surface area contributed by atoms with Gasteiger partial charge in [0.25, 0.3) is 0 Å². The Kier molecular flexibility index (Phi) is 4.91. The van der Waals surface area contributed by atoms with Gasteiger partial charge in [-0.1, -0.05) is 5.11 Å². The van der Waals surface area contributed by atoms with E-state index in [9.17, 15) is 9.18 Å². The van der Waals surface area contributed by atoms with Gasteiger partial charge in [-0.15, -0.1) is 0 Å². The monoisotopic (exact) mass is 265 g/mol. The van der Waals surface area contributed by atoms with Crippen molar-refractivity contribution in [2.24, 2.45) is 5.11 Å². The smallest absolute Gasteiger partial charge is 0.338 e. The molecule has 0 fully saturated rings. The molecule has 1 N–H and O–H groups in total. The third-order valence-electron chi connectivity index (χ3n) is 2.00. The van der Waals surface area contributed by atoms with Crippen molar-refractivity contribution in [2.75, 3.05) is 0 Å². The van der Waals surface area contributed by atoms with E-state index in [0.717, 1.165) is 18.2 Å². The summed E-state index contributed by atoms with van der Waals surface area (Å²) >= 11 is 0. The largest absolute Gasteiger partial charge is 0.490 e. The first-order chi connectivity index (χ1) is 8.93. The SMILES string of the molecule is CC(C)Oc1cc(F)ccc1/C=C(\N=[N+]=[N-])C(=O)O. The molecule has 0 aromatic heterocycles. The van der Waals surface area contributed by atoms with Gasteiger partial charge in [-0.3, -0.25) is 0 Å². The Bertz CT molecular complexity index is 559. The van der Waals surface area contributed by atoms with E-state index in [2.05, 4.69) is 10.0 Å². The summed E-state index contributed by atoms with van der Waals surface area (Å²) in [6, 6.07) is 3.65. The third-order valence-corrected chi connectivity index (χ3v) is 2.00. The molecule has 1 rings (SSSR count). The summed E-state index contributed by atoms with van der Waals surface area (Å²) in [7, 11) is 0. The zero-order chi connectivity index (χ0) is 14.4. The molecule has 0 atom stereocenters. The molecule has 0 radical (unpaired) electrons. The van der Waals surface area contributed by atoms with E-state index in [0.29, 0.717) is 5.56 Å². The second kappa shape index (κ2) is 6.42. The lowest BCUT2D eigenvalue weighted by Gasteiger charge is -2.12. The zero-order valence-electron chi connectivity index (χ0n) is 10.4. The van der Waals surface area contributed by atoms with Crippen LogP contribution < -0.4 is 4.74 Å². The number of nitrogens with zero attached hydrogens (tertiary/aromatic N) is 3. The maximum atomic E-state index is 13.1. The van der Waals surface area contributed by atoms with E-state index >= 15 is 0 Å². The summed E-state index contributed by atoms with van der Waals surface area (Å²) < 4.78 is 18.5. The lowest BCUT2D eigenvalue weighted by molar-refractivity contribution is -0.132. The predicted molar refractivity (Wildman–Crippen MR) is 66.9 cm³/mol. The molecule has 0 saturated carbocycles. The van der Waals surface area contributed by atoms with Crippen molar-refractivity contribution in [3.63, 3.8) is 0 Å². The predicted octanol–water partition coefficient (Wildman–Crippen LogP) is 3.35. The lowest BCUT2D eigenvalue weighted by atomic mass is 10.1. The van der Waals surface area contributed by atoms with Gasteiger partial charge in [-0.25, -0.2) is 9.18 Å². The van der Waals surface area contributed by atoms with Gasteiger partial charge < -0.3 is 9.84 Å². The Morgan fingerprint density at radius 3 is 2.79 bits per heavy atom. The van der Waals surface area contributed by atoms with Gasteiger partial charge in [0.15, 0.2) is 0 Å². The molecular formula is C12H12FN3O3. The van der Waals surface area contributed by atoms with Gasteiger partial charge in [0.05, 0.1) is 6.10 Å². The van der Waals surface area contributed by atoms with Crippen molar-refractivity contribution in [1.82, 2.24) is 0 Å². The molecule has 0 unspecified atom stereocenters. The Balaban J connectivity index is 3.28. The average molecular weight is 265 g/mol. The van der Waals surface area contributed by atoms with Gasteiger partial charge in [0.2, 0.25) is 0 Å². The summed E-state index contributed by atoms with van der Waals surface area (Å²) in [6.07, 6.45) is 0.917. The Hall–Kier alpha value is -2.53. The highest BCUT2D eigenvalue weighted by molar-refractivity contribution is 5.92. The van der Waals surface area contributed by atoms with Crippen molar-refractivity contribution in [2.45, 2.75) is 20.0 Å². The molecule has 0 aliphatic heterocycles. The van der Waals surface area contributed by atoms with Crippen molar-refractivity contribution < 1.29 is 19.0 Å². The van der Waals surface area contributed by atoms with Crippen LogP contribution in [-0.2, 0) is 4.79 Å². The van der Waals surface area contributed by atoms with Crippen molar-refractivity contribution in [3.8, 4) is 5.75 Å². The van der Waals surface area contributed by atoms with Crippen molar-refractivity contribution >= 4 is 12.0 Å². The standard InChI is InChI=1S/C12H12FN3O3/c1-7(2)19-11-6-9(13)4-3-8(11)5-10(12(17)18)15-16-14/h3-7H,1-2H3,(H,17,18)/b10-5-. The van der Waals surface area contributed by atoms with Crippen LogP contribution in [0.2, 0.25) is 0 Å². The number of ether oxygens (including phenoxy) is 1. The van der Waals surface area contributed by atoms with Gasteiger partial charge >= 0.3 is 5.97 Å². The zero-order valence-corrected chi connectivity index (χ0v) is 10.4. The molecule has 19 heavy (non-hydrogen) atoms. The minimum Gasteiger partial charge on any atom is -0.490 e. The Morgan fingerprint density at radius 1 is 1.58 bits per heavy atom. The number of carboxylic acid groups (broad SMARTS) is 1. The summed E-state index contributed by atoms with van der Waals surface area (Å²) in [5.41, 5.74) is 8.11. The molecule has 0 bridgehead atoms. The molecule has 1 aromatic carbocycles. The molecular weight excluding hydrogens is 253 g/mol. The number of hydrogen-bond donors (Lipinski definition) is 1. The molecule has 0 aliphatic rings. The van der Waals surface area contributed by atoms with E-state index in [1.165, 1.54) is 6.07 Å². The Labute approximate surface area is 108 Å². The number of carbonyl (C=O) groups is 1. The Morgan fingerprint density at radius 2 is 2.26 bits per heavy atom. The second-order valence-corrected chi connectivity index (χ2v) is 3.87. The van der Waals surface area contributed by atoms with E-state index in [1.54, 1.807) is 13.8 Å². The van der Waals surface area contributed by atoms with Crippen LogP contribution in [0.3, 0.4) is 0 Å². The van der Waals surface area contributed by atoms with Crippen LogP contribution in [0, 0.1) is 5.82 Å². The molecule has 7 heteroatoms. The summed E-state index contributed by atoms with van der Waals surface area (Å²) in [5.74, 6) is -1.70. The van der Waals surface area contributed by atoms with E-state index in [-0.39, 0.29) is 11.9 Å². The molecule has 100 valence electrons. The normalized spacial score (nSPS) is 11.1. The average Bonchev–Trinajstić information content (AvgIpc) is 2.30. The molecule has 0 heterocycles. The van der Waals surface area contributed by atoms with Crippen molar-refractivity contribution in [3.05, 3.63) is 45.7 Å². The first-order valence-corrected chi connectivity index (χ1v) is 5.40. The van der Waals surface area contributed by atoms with Gasteiger partial charge in [-0.2, -0.15) is 0 Å². The number of aliphatic carboxylic acids is 1. The number of carboxylic acids is 1. The van der Waals surface area contributed by atoms with Crippen LogP contribution in [0.1, 0.15) is 19.4 Å². The number of benzene rings is 1.